The fourth-order valence-corrected chi connectivity index (χ4v) is 3.20. The second-order valence-corrected chi connectivity index (χ2v) is 5.76. The molecular weight excluding hydrogens is 290 g/mol. The number of amides is 1. The van der Waals surface area contributed by atoms with E-state index in [0.29, 0.717) is 6.42 Å². The number of carbonyl (C=O) groups excluding carboxylic acids is 1. The Kier molecular flexibility index (Phi) is 3.35. The van der Waals surface area contributed by atoms with Crippen molar-refractivity contribution in [3.8, 4) is 0 Å². The zero-order chi connectivity index (χ0) is 15.8. The van der Waals surface area contributed by atoms with Crippen LogP contribution in [0, 0.1) is 0 Å². The Labute approximate surface area is 134 Å². The summed E-state index contributed by atoms with van der Waals surface area (Å²) in [6, 6.07) is 8.11. The molecule has 3 heterocycles. The monoisotopic (exact) mass is 307 g/mol. The van der Waals surface area contributed by atoms with Crippen molar-refractivity contribution in [2.45, 2.75) is 12.8 Å². The fourth-order valence-electron chi connectivity index (χ4n) is 3.20. The largest absolute Gasteiger partial charge is 0.396 e. The lowest BCUT2D eigenvalue weighted by Gasteiger charge is -2.27. The number of hydrogen-bond donors (Lipinski definition) is 2. The van der Waals surface area contributed by atoms with E-state index in [4.69, 9.17) is 5.11 Å². The molecule has 0 saturated heterocycles. The smallest absolute Gasteiger partial charge is 0.248 e. The van der Waals surface area contributed by atoms with Crippen molar-refractivity contribution in [1.29, 1.82) is 0 Å². The summed E-state index contributed by atoms with van der Waals surface area (Å²) < 4.78 is 0. The second kappa shape index (κ2) is 5.52. The Bertz CT molecular complexity index is 785. The van der Waals surface area contributed by atoms with Gasteiger partial charge >= 0.3 is 0 Å². The van der Waals surface area contributed by atoms with E-state index in [1.165, 1.54) is 0 Å². The van der Waals surface area contributed by atoms with Crippen LogP contribution in [0.1, 0.15) is 17.5 Å². The summed E-state index contributed by atoms with van der Waals surface area (Å²) in [5.41, 5.74) is 5.13. The van der Waals surface area contributed by atoms with Gasteiger partial charge < -0.3 is 15.3 Å². The van der Waals surface area contributed by atoms with Crippen LogP contribution in [0.5, 0.6) is 0 Å². The van der Waals surface area contributed by atoms with Crippen molar-refractivity contribution in [3.63, 3.8) is 0 Å². The number of hydrogen-bond acceptors (Lipinski definition) is 4. The summed E-state index contributed by atoms with van der Waals surface area (Å²) in [7, 11) is 0. The summed E-state index contributed by atoms with van der Waals surface area (Å²) in [5, 5.41) is 12.0. The van der Waals surface area contributed by atoms with Crippen LogP contribution in [-0.4, -0.2) is 34.9 Å². The minimum Gasteiger partial charge on any atom is -0.396 e. The van der Waals surface area contributed by atoms with Crippen LogP contribution < -0.4 is 5.32 Å². The highest BCUT2D eigenvalue weighted by Gasteiger charge is 2.32. The zero-order valence-corrected chi connectivity index (χ0v) is 12.6. The Morgan fingerprint density at radius 3 is 2.83 bits per heavy atom. The number of aliphatic hydroxyl groups is 1. The maximum atomic E-state index is 11.7. The van der Waals surface area contributed by atoms with Crippen LogP contribution in [-0.2, 0) is 11.2 Å². The van der Waals surface area contributed by atoms with Gasteiger partial charge in [-0.25, -0.2) is 4.99 Å². The molecule has 0 spiro atoms. The molecule has 3 aliphatic rings. The molecular formula is C18H17N3O2. The molecule has 5 heteroatoms. The van der Waals surface area contributed by atoms with Gasteiger partial charge in [-0.1, -0.05) is 24.3 Å². The molecule has 0 bridgehead atoms. The molecule has 1 amide bonds. The molecule has 0 saturated carbocycles. The lowest BCUT2D eigenvalue weighted by Crippen LogP contribution is -2.31. The Hall–Kier alpha value is -2.66. The standard InChI is InChI=1S/C18H17N3O2/c22-10-8-12-1-3-13(4-2-12)18-19-11-14-5-6-16(23)20-15-7-9-21(18)17(14)15/h1-6,11,22H,7-10H2,(H,20,23). The molecule has 0 radical (unpaired) electrons. The number of benzene rings is 1. The molecule has 0 atom stereocenters. The van der Waals surface area contributed by atoms with E-state index in [2.05, 4.69) is 15.2 Å². The first-order chi connectivity index (χ1) is 11.3. The summed E-state index contributed by atoms with van der Waals surface area (Å²) in [6.45, 7) is 0.966. The van der Waals surface area contributed by atoms with Gasteiger partial charge in [0, 0.05) is 48.7 Å². The van der Waals surface area contributed by atoms with Crippen molar-refractivity contribution in [2.24, 2.45) is 4.99 Å². The van der Waals surface area contributed by atoms with Crippen LogP contribution in [0.25, 0.3) is 0 Å². The van der Waals surface area contributed by atoms with Crippen LogP contribution in [0.15, 0.2) is 64.6 Å². The quantitative estimate of drug-likeness (QED) is 0.889. The molecule has 2 N–H and O–H groups in total. The van der Waals surface area contributed by atoms with E-state index in [-0.39, 0.29) is 12.5 Å². The molecule has 0 fully saturated rings. The minimum atomic E-state index is -0.0837. The van der Waals surface area contributed by atoms with Gasteiger partial charge in [0.1, 0.15) is 5.84 Å². The molecule has 4 rings (SSSR count). The highest BCUT2D eigenvalue weighted by molar-refractivity contribution is 6.02. The van der Waals surface area contributed by atoms with Gasteiger partial charge in [-0.15, -0.1) is 0 Å². The van der Waals surface area contributed by atoms with Gasteiger partial charge in [-0.3, -0.25) is 4.79 Å². The highest BCUT2D eigenvalue weighted by Crippen LogP contribution is 2.34. The SMILES string of the molecule is O=C1C=CC2=CN=C(c3ccc(CCO)cc3)N3CCC(=C23)N1. The molecule has 0 aliphatic carbocycles. The first kappa shape index (κ1) is 14.0. The average Bonchev–Trinajstić information content (AvgIpc) is 2.90. The molecule has 5 nitrogen and oxygen atoms in total. The molecule has 0 unspecified atom stereocenters. The number of carbonyl (C=O) groups is 1. The van der Waals surface area contributed by atoms with Gasteiger partial charge in [-0.2, -0.15) is 0 Å². The first-order valence-corrected chi connectivity index (χ1v) is 7.74. The third-order valence-electron chi connectivity index (χ3n) is 4.30. The van der Waals surface area contributed by atoms with Gasteiger partial charge in [0.2, 0.25) is 5.91 Å². The number of nitrogens with zero attached hydrogens (tertiary/aromatic N) is 2. The zero-order valence-electron chi connectivity index (χ0n) is 12.6. The Morgan fingerprint density at radius 2 is 2.04 bits per heavy atom. The highest BCUT2D eigenvalue weighted by atomic mass is 16.3. The maximum Gasteiger partial charge on any atom is 0.248 e. The van der Waals surface area contributed by atoms with E-state index in [1.54, 1.807) is 6.08 Å². The van der Waals surface area contributed by atoms with Crippen LogP contribution >= 0.6 is 0 Å². The van der Waals surface area contributed by atoms with E-state index in [9.17, 15) is 4.79 Å². The molecule has 23 heavy (non-hydrogen) atoms. The molecule has 116 valence electrons. The van der Waals surface area contributed by atoms with Crippen LogP contribution in [0.4, 0.5) is 0 Å². The summed E-state index contributed by atoms with van der Waals surface area (Å²) >= 11 is 0. The lowest BCUT2D eigenvalue weighted by atomic mass is 10.1. The molecule has 0 aromatic heterocycles. The molecule has 1 aromatic carbocycles. The number of allylic oxidation sites excluding steroid dienone is 1. The first-order valence-electron chi connectivity index (χ1n) is 7.74. The molecule has 1 aromatic rings. The molecule has 3 aliphatic heterocycles. The van der Waals surface area contributed by atoms with Crippen molar-refractivity contribution >= 4 is 11.7 Å². The van der Waals surface area contributed by atoms with Crippen LogP contribution in [0.3, 0.4) is 0 Å². The van der Waals surface area contributed by atoms with E-state index in [0.717, 1.165) is 46.9 Å². The number of aliphatic hydroxyl groups excluding tert-OH is 1. The minimum absolute atomic E-state index is 0.0837. The number of nitrogens with one attached hydrogen (secondary N) is 1. The van der Waals surface area contributed by atoms with Crippen molar-refractivity contribution in [1.82, 2.24) is 10.2 Å². The van der Waals surface area contributed by atoms with Gasteiger partial charge in [0.15, 0.2) is 0 Å². The van der Waals surface area contributed by atoms with E-state index < -0.39 is 0 Å². The predicted octanol–water partition coefficient (Wildman–Crippen LogP) is 1.47. The number of aliphatic imine (C=N–C) groups is 1. The van der Waals surface area contributed by atoms with Crippen molar-refractivity contribution in [2.75, 3.05) is 13.2 Å². The lowest BCUT2D eigenvalue weighted by molar-refractivity contribution is -0.115. The summed E-state index contributed by atoms with van der Waals surface area (Å²) in [6.07, 6.45) is 6.66. The van der Waals surface area contributed by atoms with Gasteiger partial charge in [-0.05, 0) is 18.1 Å². The van der Waals surface area contributed by atoms with E-state index in [1.807, 2.05) is 36.5 Å². The number of rotatable bonds is 3. The average molecular weight is 307 g/mol. The van der Waals surface area contributed by atoms with Gasteiger partial charge in [0.25, 0.3) is 0 Å². The topological polar surface area (TPSA) is 64.9 Å². The third kappa shape index (κ3) is 2.39. The van der Waals surface area contributed by atoms with Crippen molar-refractivity contribution < 1.29 is 9.90 Å². The third-order valence-corrected chi connectivity index (χ3v) is 4.30. The summed E-state index contributed by atoms with van der Waals surface area (Å²) in [5.74, 6) is 0.818. The fraction of sp³-hybridized carbons (Fsp3) is 0.222. The predicted molar refractivity (Wildman–Crippen MR) is 87.5 cm³/mol. The van der Waals surface area contributed by atoms with Crippen molar-refractivity contribution in [3.05, 3.63) is 70.7 Å². The van der Waals surface area contributed by atoms with Gasteiger partial charge in [0.05, 0.1) is 5.70 Å². The second-order valence-electron chi connectivity index (χ2n) is 5.76. The maximum absolute atomic E-state index is 11.7. The Balaban J connectivity index is 1.72. The Morgan fingerprint density at radius 1 is 1.22 bits per heavy atom. The number of amidine groups is 1. The van der Waals surface area contributed by atoms with E-state index >= 15 is 0 Å². The summed E-state index contributed by atoms with van der Waals surface area (Å²) in [4.78, 5) is 18.5. The normalized spacial score (nSPS) is 19.2. The van der Waals surface area contributed by atoms with Crippen LogP contribution in [0.2, 0.25) is 0 Å².